The molecule has 0 aliphatic heterocycles. The van der Waals surface area contributed by atoms with Gasteiger partial charge in [-0.1, -0.05) is 65.3 Å². The van der Waals surface area contributed by atoms with Crippen LogP contribution >= 0.6 is 0 Å². The molecule has 40 heavy (non-hydrogen) atoms. The fourth-order valence-corrected chi connectivity index (χ4v) is 11.2. The van der Waals surface area contributed by atoms with Crippen molar-refractivity contribution >= 4 is 0 Å². The molecule has 6 heteroatoms. The Morgan fingerprint density at radius 3 is 2.45 bits per heavy atom. The number of tetrazole rings is 1. The van der Waals surface area contributed by atoms with Gasteiger partial charge in [0.25, 0.3) is 0 Å². The van der Waals surface area contributed by atoms with Crippen LogP contribution in [0.25, 0.3) is 11.4 Å². The molecule has 6 rings (SSSR count). The molecule has 220 valence electrons. The van der Waals surface area contributed by atoms with Crippen molar-refractivity contribution in [2.45, 2.75) is 117 Å². The van der Waals surface area contributed by atoms with Crippen molar-refractivity contribution in [1.82, 2.24) is 20.6 Å². The number of aromatic nitrogens is 4. The number of rotatable bonds is 7. The summed E-state index contributed by atoms with van der Waals surface area (Å²) in [5, 5.41) is 37.3. The number of aliphatic hydroxyl groups is 2. The minimum atomic E-state index is -0.209. The second-order valence-electron chi connectivity index (χ2n) is 14.9. The van der Waals surface area contributed by atoms with Crippen LogP contribution < -0.4 is 0 Å². The van der Waals surface area contributed by atoms with Crippen LogP contribution in [-0.4, -0.2) is 43.0 Å². The van der Waals surface area contributed by atoms with E-state index in [-0.39, 0.29) is 17.6 Å². The van der Waals surface area contributed by atoms with Crippen LogP contribution in [0.1, 0.15) is 110 Å². The highest BCUT2D eigenvalue weighted by Gasteiger charge is 2.64. The Balaban J connectivity index is 1.18. The summed E-state index contributed by atoms with van der Waals surface area (Å²) in [6, 6.07) is 8.54. The number of nitrogens with one attached hydrogen (secondary N) is 1. The molecule has 4 aliphatic carbocycles. The molecular formula is C34H52N4O2. The number of H-pyrrole nitrogens is 1. The first-order valence-electron chi connectivity index (χ1n) is 16.4. The Hall–Kier alpha value is -1.79. The molecule has 0 saturated heterocycles. The lowest BCUT2D eigenvalue weighted by Gasteiger charge is -2.64. The van der Waals surface area contributed by atoms with Crippen molar-refractivity contribution in [1.29, 1.82) is 0 Å². The Morgan fingerprint density at radius 1 is 0.950 bits per heavy atom. The van der Waals surface area contributed by atoms with Crippen LogP contribution in [0, 0.1) is 52.3 Å². The predicted molar refractivity (Wildman–Crippen MR) is 158 cm³/mol. The molecule has 4 saturated carbocycles. The predicted octanol–water partition coefficient (Wildman–Crippen LogP) is 7.01. The number of hydrogen-bond donors (Lipinski definition) is 3. The van der Waals surface area contributed by atoms with Crippen molar-refractivity contribution in [3.8, 4) is 11.4 Å². The third-order valence-electron chi connectivity index (χ3n) is 13.3. The third-order valence-corrected chi connectivity index (χ3v) is 13.3. The summed E-state index contributed by atoms with van der Waals surface area (Å²) in [7, 11) is 0. The van der Waals surface area contributed by atoms with E-state index in [0.29, 0.717) is 46.8 Å². The minimum Gasteiger partial charge on any atom is -0.393 e. The van der Waals surface area contributed by atoms with Crippen molar-refractivity contribution in [3.05, 3.63) is 29.8 Å². The van der Waals surface area contributed by atoms with Gasteiger partial charge in [0, 0.05) is 5.56 Å². The van der Waals surface area contributed by atoms with Crippen LogP contribution in [-0.2, 0) is 0 Å². The number of aliphatic hydroxyl groups excluding tert-OH is 2. The summed E-state index contributed by atoms with van der Waals surface area (Å²) in [6.07, 6.45) is 11.1. The Morgan fingerprint density at radius 2 is 1.70 bits per heavy atom. The largest absolute Gasteiger partial charge is 0.393 e. The summed E-state index contributed by atoms with van der Waals surface area (Å²) in [5.41, 5.74) is 3.03. The van der Waals surface area contributed by atoms with Gasteiger partial charge in [-0.25, -0.2) is 5.10 Å². The van der Waals surface area contributed by atoms with Gasteiger partial charge < -0.3 is 10.2 Å². The number of fused-ring (bicyclic) bond motifs is 5. The SMILES string of the molecule is CC[C@H]1[C@@H](O)C2C3CC[C@H]([C@H](C)CCC(C)c4ccccc4-c4nnn[nH]4)[C@@]3(C)CCC2[C@@]2(C)CC[C@@H](O)C[C@@H]12. The topological polar surface area (TPSA) is 94.9 Å². The molecule has 2 aromatic rings. The van der Waals surface area contributed by atoms with Gasteiger partial charge in [0.15, 0.2) is 5.82 Å². The first kappa shape index (κ1) is 28.3. The van der Waals surface area contributed by atoms with Crippen molar-refractivity contribution in [2.75, 3.05) is 0 Å². The number of nitrogens with zero attached hydrogens (tertiary/aromatic N) is 3. The summed E-state index contributed by atoms with van der Waals surface area (Å²) in [6.45, 7) is 12.3. The zero-order chi connectivity index (χ0) is 28.2. The average Bonchev–Trinajstić information content (AvgIpc) is 3.61. The molecule has 4 aliphatic rings. The van der Waals surface area contributed by atoms with Crippen molar-refractivity contribution < 1.29 is 10.2 Å². The quantitative estimate of drug-likeness (QED) is 0.346. The van der Waals surface area contributed by atoms with E-state index in [1.165, 1.54) is 37.7 Å². The van der Waals surface area contributed by atoms with Crippen molar-refractivity contribution in [3.63, 3.8) is 0 Å². The normalized spacial score (nSPS) is 42.5. The minimum absolute atomic E-state index is 0.178. The highest BCUT2D eigenvalue weighted by Crippen LogP contribution is 2.69. The average molecular weight is 549 g/mol. The summed E-state index contributed by atoms with van der Waals surface area (Å²) < 4.78 is 0. The van der Waals surface area contributed by atoms with Gasteiger partial charge in [0.1, 0.15) is 0 Å². The number of benzene rings is 1. The molecule has 4 unspecified atom stereocenters. The Labute approximate surface area is 241 Å². The van der Waals surface area contributed by atoms with Gasteiger partial charge in [-0.05, 0) is 132 Å². The highest BCUT2D eigenvalue weighted by atomic mass is 16.3. The fraction of sp³-hybridized carbons (Fsp3) is 0.794. The number of hydrogen-bond acceptors (Lipinski definition) is 5. The monoisotopic (exact) mass is 548 g/mol. The zero-order valence-electron chi connectivity index (χ0n) is 25.4. The second-order valence-corrected chi connectivity index (χ2v) is 14.9. The molecule has 0 amide bonds. The molecule has 1 heterocycles. The summed E-state index contributed by atoms with van der Waals surface area (Å²) >= 11 is 0. The first-order chi connectivity index (χ1) is 19.2. The molecule has 0 bridgehead atoms. The molecular weight excluding hydrogens is 496 g/mol. The van der Waals surface area contributed by atoms with Crippen molar-refractivity contribution in [2.24, 2.45) is 52.3 Å². The lowest BCUT2D eigenvalue weighted by molar-refractivity contribution is -0.203. The molecule has 0 radical (unpaired) electrons. The Bertz CT molecular complexity index is 1150. The van der Waals surface area contributed by atoms with Crippen LogP contribution in [0.5, 0.6) is 0 Å². The van der Waals surface area contributed by atoms with Gasteiger partial charge in [0.05, 0.1) is 12.2 Å². The van der Waals surface area contributed by atoms with E-state index in [0.717, 1.165) is 49.4 Å². The van der Waals surface area contributed by atoms with E-state index in [2.05, 4.69) is 79.5 Å². The molecule has 1 aromatic carbocycles. The van der Waals surface area contributed by atoms with Gasteiger partial charge >= 0.3 is 0 Å². The standard InChI is InChI=1S/C34H52N4O2/c1-6-23-29-19-22(39)15-17-34(29,5)28-16-18-33(4)26(13-14-27(33)30(28)31(23)40)21(3)12-11-20(2)24-9-7-8-10-25(24)32-35-37-38-36-32/h7-10,20-23,26-31,39-40H,6,11-19H2,1-5H3,(H,35,36,37,38)/t20?,21-,22-,23-,26-,27?,28?,29+,30?,31-,33-,34-/m1/s1. The molecule has 0 spiro atoms. The van der Waals surface area contributed by atoms with E-state index in [4.69, 9.17) is 0 Å². The van der Waals surface area contributed by atoms with Gasteiger partial charge in [-0.3, -0.25) is 0 Å². The summed E-state index contributed by atoms with van der Waals surface area (Å²) in [5.74, 6) is 5.05. The molecule has 1 aromatic heterocycles. The van der Waals surface area contributed by atoms with Crippen LogP contribution in [0.3, 0.4) is 0 Å². The van der Waals surface area contributed by atoms with Crippen LogP contribution in [0.2, 0.25) is 0 Å². The zero-order valence-corrected chi connectivity index (χ0v) is 25.4. The van der Waals surface area contributed by atoms with Gasteiger partial charge in [0.2, 0.25) is 0 Å². The highest BCUT2D eigenvalue weighted by molar-refractivity contribution is 5.60. The van der Waals surface area contributed by atoms with E-state index >= 15 is 0 Å². The lowest BCUT2D eigenvalue weighted by Crippen LogP contribution is -2.62. The van der Waals surface area contributed by atoms with E-state index < -0.39 is 0 Å². The molecule has 4 fully saturated rings. The molecule has 6 nitrogen and oxygen atoms in total. The van der Waals surface area contributed by atoms with Crippen LogP contribution in [0.4, 0.5) is 0 Å². The summed E-state index contributed by atoms with van der Waals surface area (Å²) in [4.78, 5) is 0. The van der Waals surface area contributed by atoms with Gasteiger partial charge in [-0.15, -0.1) is 5.10 Å². The third kappa shape index (κ3) is 4.47. The maximum atomic E-state index is 12.0. The fourth-order valence-electron chi connectivity index (χ4n) is 11.2. The smallest absolute Gasteiger partial charge is 0.179 e. The van der Waals surface area contributed by atoms with Crippen LogP contribution in [0.15, 0.2) is 24.3 Å². The maximum absolute atomic E-state index is 12.0. The first-order valence-corrected chi connectivity index (χ1v) is 16.4. The van der Waals surface area contributed by atoms with Gasteiger partial charge in [-0.2, -0.15) is 0 Å². The Kier molecular flexibility index (Phi) is 7.65. The van der Waals surface area contributed by atoms with E-state index in [9.17, 15) is 10.2 Å². The van der Waals surface area contributed by atoms with E-state index in [1.807, 2.05) is 0 Å². The van der Waals surface area contributed by atoms with E-state index in [1.54, 1.807) is 0 Å². The molecule has 3 N–H and O–H groups in total. The maximum Gasteiger partial charge on any atom is 0.179 e. The lowest BCUT2D eigenvalue weighted by atomic mass is 9.41. The number of aromatic amines is 1. The molecule has 12 atom stereocenters. The second kappa shape index (κ2) is 10.8.